The van der Waals surface area contributed by atoms with Gasteiger partial charge in [-0.15, -0.1) is 0 Å². The monoisotopic (exact) mass is 493 g/mol. The molecule has 0 aliphatic carbocycles. The Kier molecular flexibility index (Phi) is 6.35. The number of rotatable bonds is 8. The van der Waals surface area contributed by atoms with E-state index in [9.17, 15) is 4.57 Å². The zero-order valence-corrected chi connectivity index (χ0v) is 19.6. The molecule has 1 aliphatic rings. The number of anilines is 1. The van der Waals surface area contributed by atoms with E-state index in [0.29, 0.717) is 39.3 Å². The third-order valence-electron chi connectivity index (χ3n) is 5.11. The summed E-state index contributed by atoms with van der Waals surface area (Å²) < 4.78 is 37.9. The second-order valence-corrected chi connectivity index (χ2v) is 9.92. The molecular weight excluding hydrogens is 473 g/mol. The van der Waals surface area contributed by atoms with Gasteiger partial charge in [-0.3, -0.25) is 0 Å². The molecule has 1 atom stereocenters. The molecule has 8 heteroatoms. The second kappa shape index (κ2) is 9.72. The number of hydrogen-bond donors (Lipinski definition) is 1. The summed E-state index contributed by atoms with van der Waals surface area (Å²) in [4.78, 5) is 0. The Hall–Kier alpha value is -3.60. The normalized spacial score (nSPS) is 13.2. The van der Waals surface area contributed by atoms with Crippen molar-refractivity contribution in [2.24, 2.45) is 0 Å². The van der Waals surface area contributed by atoms with E-state index in [2.05, 4.69) is 5.32 Å². The van der Waals surface area contributed by atoms with Gasteiger partial charge >= 0.3 is 7.60 Å². The van der Waals surface area contributed by atoms with Crippen LogP contribution in [0.2, 0.25) is 5.02 Å². The Morgan fingerprint density at radius 3 is 2.06 bits per heavy atom. The third-order valence-corrected chi connectivity index (χ3v) is 7.33. The van der Waals surface area contributed by atoms with Crippen molar-refractivity contribution in [2.75, 3.05) is 12.1 Å². The molecule has 34 heavy (non-hydrogen) atoms. The lowest BCUT2D eigenvalue weighted by Gasteiger charge is -2.29. The quantitative estimate of drug-likeness (QED) is 0.256. The van der Waals surface area contributed by atoms with Crippen molar-refractivity contribution in [3.8, 4) is 23.0 Å². The molecule has 0 saturated carbocycles. The average Bonchev–Trinajstić information content (AvgIpc) is 3.32. The summed E-state index contributed by atoms with van der Waals surface area (Å²) in [5, 5.41) is 3.85. The van der Waals surface area contributed by atoms with Crippen LogP contribution in [0.4, 0.5) is 5.69 Å². The van der Waals surface area contributed by atoms with Crippen LogP contribution >= 0.6 is 19.2 Å². The van der Waals surface area contributed by atoms with Crippen LogP contribution in [0, 0.1) is 0 Å². The van der Waals surface area contributed by atoms with Gasteiger partial charge in [0, 0.05) is 10.7 Å². The Morgan fingerprint density at radius 1 is 0.765 bits per heavy atom. The zero-order valence-electron chi connectivity index (χ0n) is 18.0. The number of halogens is 1. The molecule has 0 saturated heterocycles. The molecule has 172 valence electrons. The number of fused-ring (bicyclic) bond motifs is 1. The van der Waals surface area contributed by atoms with Crippen LogP contribution in [0.15, 0.2) is 103 Å². The van der Waals surface area contributed by atoms with Crippen molar-refractivity contribution in [3.63, 3.8) is 0 Å². The molecular formula is C26H21ClNO5P. The van der Waals surface area contributed by atoms with E-state index in [1.807, 2.05) is 54.6 Å². The van der Waals surface area contributed by atoms with Crippen LogP contribution in [0.25, 0.3) is 0 Å². The fraction of sp³-hybridized carbons (Fsp3) is 0.0769. The number of ether oxygens (including phenoxy) is 2. The van der Waals surface area contributed by atoms with Crippen LogP contribution in [0.3, 0.4) is 0 Å². The summed E-state index contributed by atoms with van der Waals surface area (Å²) in [6.45, 7) is 0.129. The Balaban J connectivity index is 1.61. The van der Waals surface area contributed by atoms with E-state index in [4.69, 9.17) is 30.1 Å². The Bertz CT molecular complexity index is 1270. The average molecular weight is 494 g/mol. The van der Waals surface area contributed by atoms with Gasteiger partial charge in [0.2, 0.25) is 6.79 Å². The summed E-state index contributed by atoms with van der Waals surface area (Å²) in [5.74, 6) is 1.11. The highest BCUT2D eigenvalue weighted by atomic mass is 35.5. The van der Waals surface area contributed by atoms with E-state index < -0.39 is 13.4 Å². The van der Waals surface area contributed by atoms with Gasteiger partial charge in [-0.05, 0) is 60.2 Å². The van der Waals surface area contributed by atoms with E-state index in [1.54, 1.807) is 48.5 Å². The number of benzene rings is 4. The first-order valence-electron chi connectivity index (χ1n) is 10.6. The molecule has 1 unspecified atom stereocenters. The maximum Gasteiger partial charge on any atom is 0.457 e. The lowest BCUT2D eigenvalue weighted by atomic mass is 10.2. The highest BCUT2D eigenvalue weighted by Crippen LogP contribution is 2.60. The molecule has 0 fully saturated rings. The maximum absolute atomic E-state index is 14.6. The van der Waals surface area contributed by atoms with Gasteiger partial charge in [0.15, 0.2) is 17.3 Å². The van der Waals surface area contributed by atoms with Gasteiger partial charge in [-0.2, -0.15) is 0 Å². The van der Waals surface area contributed by atoms with Crippen LogP contribution in [0.1, 0.15) is 11.3 Å². The third kappa shape index (κ3) is 4.98. The Labute approximate surface area is 202 Å². The van der Waals surface area contributed by atoms with Crippen molar-refractivity contribution in [3.05, 3.63) is 114 Å². The largest absolute Gasteiger partial charge is 0.457 e. The summed E-state index contributed by atoms with van der Waals surface area (Å²) in [7, 11) is -3.95. The van der Waals surface area contributed by atoms with E-state index >= 15 is 0 Å². The summed E-state index contributed by atoms with van der Waals surface area (Å²) >= 11 is 6.22. The number of hydrogen-bond acceptors (Lipinski definition) is 6. The SMILES string of the molecule is O=P(Oc1ccccc1)(Oc1ccccc1)C(Nc1cccc(Cl)c1)c1ccc2c(c1)OCO2. The number of para-hydroxylation sites is 2. The molecule has 0 spiro atoms. The molecule has 4 aromatic carbocycles. The van der Waals surface area contributed by atoms with Crippen molar-refractivity contribution in [1.82, 2.24) is 0 Å². The summed E-state index contributed by atoms with van der Waals surface area (Å²) in [5.41, 5.74) is 1.29. The van der Waals surface area contributed by atoms with Gasteiger partial charge < -0.3 is 23.8 Å². The lowest BCUT2D eigenvalue weighted by Crippen LogP contribution is -2.18. The highest BCUT2D eigenvalue weighted by molar-refractivity contribution is 7.55. The first-order valence-corrected chi connectivity index (χ1v) is 12.6. The van der Waals surface area contributed by atoms with Crippen molar-refractivity contribution < 1.29 is 23.1 Å². The molecule has 0 aromatic heterocycles. The molecule has 0 bridgehead atoms. The van der Waals surface area contributed by atoms with Gasteiger partial charge in [-0.25, -0.2) is 4.57 Å². The smallest absolute Gasteiger partial charge is 0.454 e. The minimum Gasteiger partial charge on any atom is -0.454 e. The molecule has 5 rings (SSSR count). The predicted octanol–water partition coefficient (Wildman–Crippen LogP) is 7.53. The van der Waals surface area contributed by atoms with Gasteiger partial charge in [0.25, 0.3) is 0 Å². The highest BCUT2D eigenvalue weighted by Gasteiger charge is 2.41. The van der Waals surface area contributed by atoms with E-state index in [0.717, 1.165) is 0 Å². The van der Waals surface area contributed by atoms with Crippen molar-refractivity contribution in [2.45, 2.75) is 5.78 Å². The first kappa shape index (κ1) is 22.2. The summed E-state index contributed by atoms with van der Waals surface area (Å²) in [6, 6.07) is 30.4. The van der Waals surface area contributed by atoms with Crippen molar-refractivity contribution >= 4 is 24.9 Å². The van der Waals surface area contributed by atoms with Crippen molar-refractivity contribution in [1.29, 1.82) is 0 Å². The fourth-order valence-electron chi connectivity index (χ4n) is 3.54. The predicted molar refractivity (Wildman–Crippen MR) is 132 cm³/mol. The standard InChI is InChI=1S/C26H21ClNO5P/c27-20-8-7-9-21(17-20)28-26(19-14-15-24-25(16-19)31-18-30-24)34(29,32-22-10-3-1-4-11-22)33-23-12-5-2-6-13-23/h1-17,26,28H,18H2. The molecule has 6 nitrogen and oxygen atoms in total. The maximum atomic E-state index is 14.6. The van der Waals surface area contributed by atoms with E-state index in [-0.39, 0.29) is 6.79 Å². The van der Waals surface area contributed by atoms with Gasteiger partial charge in [-0.1, -0.05) is 60.1 Å². The molecule has 4 aromatic rings. The summed E-state index contributed by atoms with van der Waals surface area (Å²) in [6.07, 6.45) is 0. The topological polar surface area (TPSA) is 66.0 Å². The molecule has 1 heterocycles. The van der Waals surface area contributed by atoms with Gasteiger partial charge in [0.1, 0.15) is 11.5 Å². The molecule has 1 aliphatic heterocycles. The van der Waals surface area contributed by atoms with Crippen LogP contribution in [-0.2, 0) is 4.57 Å². The lowest BCUT2D eigenvalue weighted by molar-refractivity contribution is 0.174. The van der Waals surface area contributed by atoms with Crippen LogP contribution in [-0.4, -0.2) is 6.79 Å². The molecule has 1 N–H and O–H groups in total. The minimum absolute atomic E-state index is 0.129. The fourth-order valence-corrected chi connectivity index (χ4v) is 5.65. The van der Waals surface area contributed by atoms with E-state index in [1.165, 1.54) is 0 Å². The Morgan fingerprint density at radius 2 is 1.41 bits per heavy atom. The first-order chi connectivity index (χ1) is 16.6. The van der Waals surface area contributed by atoms with Crippen LogP contribution in [0.5, 0.6) is 23.0 Å². The van der Waals surface area contributed by atoms with Gasteiger partial charge in [0.05, 0.1) is 0 Å². The van der Waals surface area contributed by atoms with Crippen LogP contribution < -0.4 is 23.8 Å². The molecule has 0 amide bonds. The minimum atomic E-state index is -3.95. The second-order valence-electron chi connectivity index (χ2n) is 7.52. The molecule has 0 radical (unpaired) electrons. The zero-order chi connectivity index (χ0) is 23.4. The number of nitrogens with one attached hydrogen (secondary N) is 1.